The molecule has 3 heterocycles. The first-order valence-electron chi connectivity index (χ1n) is 12.1. The van der Waals surface area contributed by atoms with E-state index < -0.39 is 39.2 Å². The van der Waals surface area contributed by atoms with Gasteiger partial charge in [-0.3, -0.25) is 9.97 Å². The van der Waals surface area contributed by atoms with Crippen LogP contribution in [-0.4, -0.2) is 38.8 Å². The Morgan fingerprint density at radius 3 is 2.56 bits per heavy atom. The quantitative estimate of drug-likeness (QED) is 0.406. The number of pyridine rings is 2. The van der Waals surface area contributed by atoms with E-state index in [1.165, 1.54) is 12.1 Å². The van der Waals surface area contributed by atoms with Gasteiger partial charge in [-0.25, -0.2) is 21.7 Å². The molecule has 1 aliphatic heterocycles. The minimum absolute atomic E-state index is 0.154. The summed E-state index contributed by atoms with van der Waals surface area (Å²) in [5.41, 5.74) is 0.864. The second-order valence-corrected chi connectivity index (χ2v) is 12.2. The number of hydrogen-bond acceptors (Lipinski definition) is 6. The topological polar surface area (TPSA) is 76.5 Å². The molecule has 0 amide bonds. The molecule has 0 unspecified atom stereocenters. The van der Waals surface area contributed by atoms with E-state index in [4.69, 9.17) is 4.74 Å². The van der Waals surface area contributed by atoms with Crippen LogP contribution in [-0.2, 0) is 20.1 Å². The van der Waals surface area contributed by atoms with Gasteiger partial charge in [0, 0.05) is 51.2 Å². The minimum atomic E-state index is -2.89. The van der Waals surface area contributed by atoms with Crippen LogP contribution < -0.4 is 5.32 Å². The van der Waals surface area contributed by atoms with Gasteiger partial charge in [-0.15, -0.1) is 0 Å². The molecule has 1 atom stereocenters. The number of nitrogens with zero attached hydrogens (tertiary/aromatic N) is 3. The van der Waals surface area contributed by atoms with E-state index in [-0.39, 0.29) is 11.6 Å². The lowest BCUT2D eigenvalue weighted by Crippen LogP contribution is -2.39. The summed E-state index contributed by atoms with van der Waals surface area (Å²) in [4.78, 5) is 9.03. The molecule has 1 aromatic carbocycles. The zero-order chi connectivity index (χ0) is 25.5. The molecular weight excluding hydrogens is 489 g/mol. The highest BCUT2D eigenvalue weighted by Crippen LogP contribution is 2.40. The zero-order valence-electron chi connectivity index (χ0n) is 20.2. The van der Waals surface area contributed by atoms with Crippen LogP contribution in [0.15, 0.2) is 47.1 Å². The summed E-state index contributed by atoms with van der Waals surface area (Å²) in [6, 6.07) is 7.37. The van der Waals surface area contributed by atoms with E-state index >= 15 is 0 Å². The van der Waals surface area contributed by atoms with Crippen molar-refractivity contribution in [3.05, 3.63) is 65.4 Å². The van der Waals surface area contributed by atoms with Crippen molar-refractivity contribution in [1.29, 1.82) is 0 Å². The van der Waals surface area contributed by atoms with Gasteiger partial charge in [0.05, 0.1) is 35.1 Å². The molecule has 2 fully saturated rings. The normalized spacial score (nSPS) is 25.2. The van der Waals surface area contributed by atoms with Gasteiger partial charge in [0.15, 0.2) is 0 Å². The average Bonchev–Trinajstić information content (AvgIpc) is 3.68. The van der Waals surface area contributed by atoms with Crippen molar-refractivity contribution < 1.29 is 22.1 Å². The predicted molar refractivity (Wildman–Crippen MR) is 134 cm³/mol. The van der Waals surface area contributed by atoms with Gasteiger partial charge in [0.25, 0.3) is 6.43 Å². The van der Waals surface area contributed by atoms with Gasteiger partial charge in [-0.1, -0.05) is 18.2 Å². The van der Waals surface area contributed by atoms with Gasteiger partial charge in [-0.2, -0.15) is 0 Å². The van der Waals surface area contributed by atoms with Crippen LogP contribution in [0.4, 0.5) is 18.9 Å². The third kappa shape index (κ3) is 4.80. The van der Waals surface area contributed by atoms with Crippen LogP contribution >= 0.6 is 0 Å². The van der Waals surface area contributed by atoms with Crippen molar-refractivity contribution in [2.45, 2.75) is 56.7 Å². The molecule has 1 N–H and O–H groups in total. The van der Waals surface area contributed by atoms with Crippen LogP contribution in [0.5, 0.6) is 0 Å². The molecule has 5 rings (SSSR count). The second kappa shape index (κ2) is 9.63. The number of anilines is 1. The number of methoxy groups -OCH3 is 1. The van der Waals surface area contributed by atoms with Gasteiger partial charge in [-0.05, 0) is 44.7 Å². The molecule has 10 heteroatoms. The maximum atomic E-state index is 14.7. The smallest absolute Gasteiger partial charge is 0.266 e. The minimum Gasteiger partial charge on any atom is -0.378 e. The molecule has 1 saturated heterocycles. The number of fused-ring (bicyclic) bond motifs is 1. The van der Waals surface area contributed by atoms with Crippen molar-refractivity contribution in [2.75, 3.05) is 23.9 Å². The van der Waals surface area contributed by atoms with Crippen LogP contribution in [0, 0.1) is 5.82 Å². The maximum absolute atomic E-state index is 14.7. The molecule has 36 heavy (non-hydrogen) atoms. The third-order valence-electron chi connectivity index (χ3n) is 7.16. The average molecular weight is 519 g/mol. The lowest BCUT2D eigenvalue weighted by molar-refractivity contribution is -0.0262. The second-order valence-electron chi connectivity index (χ2n) is 9.58. The van der Waals surface area contributed by atoms with Crippen LogP contribution in [0.1, 0.15) is 61.9 Å². The summed E-state index contributed by atoms with van der Waals surface area (Å²) in [7, 11) is -0.584. The number of alkyl halides is 2. The van der Waals surface area contributed by atoms with Crippen molar-refractivity contribution in [3.8, 4) is 0 Å². The molecule has 2 aliphatic rings. The number of benzene rings is 1. The molecule has 1 aliphatic carbocycles. The molecule has 6 nitrogen and oxygen atoms in total. The van der Waals surface area contributed by atoms with Crippen molar-refractivity contribution in [1.82, 2.24) is 9.97 Å². The summed E-state index contributed by atoms with van der Waals surface area (Å²) in [6.07, 6.45) is 3.53. The fraction of sp³-hybridized carbons (Fsp3) is 0.462. The Bertz CT molecular complexity index is 1390. The zero-order valence-corrected chi connectivity index (χ0v) is 21.0. The Labute approximate surface area is 208 Å². The first kappa shape index (κ1) is 25.0. The van der Waals surface area contributed by atoms with Gasteiger partial charge in [0.2, 0.25) is 0 Å². The Balaban J connectivity index is 1.46. The van der Waals surface area contributed by atoms with E-state index in [0.29, 0.717) is 41.2 Å². The summed E-state index contributed by atoms with van der Waals surface area (Å²) in [5.74, 6) is 0.0202. The van der Waals surface area contributed by atoms with Gasteiger partial charge in [0.1, 0.15) is 11.4 Å². The SMILES string of the molecule is COC1(c2cc3c(N[C@H](C)c4cccc(C(F)F)c4F)ccnc3cn2)CCS(=O)(=NC2CC2)CC1. The predicted octanol–water partition coefficient (Wildman–Crippen LogP) is 6.15. The largest absolute Gasteiger partial charge is 0.378 e. The molecule has 2 aromatic heterocycles. The standard InChI is InChI=1S/C26H29F3N4O2S/c1-16(18-4-3-5-19(24(18)27)25(28)29)32-21-8-11-30-22-15-31-23(14-20(21)22)26(35-2)9-12-36(34,13-10-26)33-17-6-7-17/h3-5,8,11,14-17,25H,6-7,9-10,12-13H2,1-2H3,(H,30,32)/t16-,26?,36?/m1/s1. The highest BCUT2D eigenvalue weighted by atomic mass is 32.2. The number of nitrogens with one attached hydrogen (secondary N) is 1. The summed E-state index contributed by atoms with van der Waals surface area (Å²) in [5, 5.41) is 4.01. The molecule has 192 valence electrons. The molecule has 0 radical (unpaired) electrons. The Hall–Kier alpha value is -2.72. The highest BCUT2D eigenvalue weighted by molar-refractivity contribution is 7.93. The van der Waals surface area contributed by atoms with E-state index in [1.807, 2.05) is 6.07 Å². The number of rotatable bonds is 7. The number of halogens is 3. The van der Waals surface area contributed by atoms with Crippen LogP contribution in [0.25, 0.3) is 10.9 Å². The van der Waals surface area contributed by atoms with Crippen molar-refractivity contribution in [2.24, 2.45) is 4.36 Å². The number of hydrogen-bond donors (Lipinski definition) is 1. The van der Waals surface area contributed by atoms with Crippen LogP contribution in [0.3, 0.4) is 0 Å². The lowest BCUT2D eigenvalue weighted by atomic mass is 9.91. The summed E-state index contributed by atoms with van der Waals surface area (Å²) in [6.45, 7) is 1.72. The van der Waals surface area contributed by atoms with E-state index in [2.05, 4.69) is 19.6 Å². The Morgan fingerprint density at radius 2 is 1.89 bits per heavy atom. The summed E-state index contributed by atoms with van der Waals surface area (Å²) < 4.78 is 64.9. The highest BCUT2D eigenvalue weighted by Gasteiger charge is 2.40. The maximum Gasteiger partial charge on any atom is 0.266 e. The number of aromatic nitrogens is 2. The fourth-order valence-electron chi connectivity index (χ4n) is 4.80. The van der Waals surface area contributed by atoms with Crippen molar-refractivity contribution in [3.63, 3.8) is 0 Å². The Morgan fingerprint density at radius 1 is 1.17 bits per heavy atom. The fourth-order valence-corrected chi connectivity index (χ4v) is 7.27. The monoisotopic (exact) mass is 518 g/mol. The molecule has 0 bridgehead atoms. The summed E-state index contributed by atoms with van der Waals surface area (Å²) >= 11 is 0. The van der Waals surface area contributed by atoms with E-state index in [0.717, 1.165) is 24.3 Å². The van der Waals surface area contributed by atoms with Gasteiger partial charge < -0.3 is 10.1 Å². The third-order valence-corrected chi connectivity index (χ3v) is 9.52. The number of ether oxygens (including phenoxy) is 1. The lowest BCUT2D eigenvalue weighted by Gasteiger charge is -2.36. The first-order valence-corrected chi connectivity index (χ1v) is 13.9. The van der Waals surface area contributed by atoms with Crippen LogP contribution in [0.2, 0.25) is 0 Å². The van der Waals surface area contributed by atoms with Crippen molar-refractivity contribution >= 4 is 26.3 Å². The van der Waals surface area contributed by atoms with Gasteiger partial charge >= 0.3 is 0 Å². The first-order chi connectivity index (χ1) is 17.2. The molecular formula is C26H29F3N4O2S. The van der Waals surface area contributed by atoms with E-state index in [9.17, 15) is 17.4 Å². The molecule has 1 saturated carbocycles. The molecule has 3 aromatic rings. The Kier molecular flexibility index (Phi) is 6.67. The van der Waals surface area contributed by atoms with E-state index in [1.54, 1.807) is 32.5 Å². The molecule has 0 spiro atoms.